The molecule has 1 fully saturated rings. The summed E-state index contributed by atoms with van der Waals surface area (Å²) in [5.41, 5.74) is 4.94. The number of anilines is 3. The maximum Gasteiger partial charge on any atom is 0.135 e. The SMILES string of the molecule is Cc1ccc(Nc2cc(N3CCN(Cc4ccccc4)CC3)ncn2)c(C)c1. The first-order chi connectivity index (χ1) is 13.7. The first-order valence-electron chi connectivity index (χ1n) is 9.85. The maximum absolute atomic E-state index is 4.51. The molecular formula is C23H27N5. The van der Waals surface area contributed by atoms with E-state index in [2.05, 4.69) is 87.5 Å². The first-order valence-corrected chi connectivity index (χ1v) is 9.85. The van der Waals surface area contributed by atoms with E-state index in [1.165, 1.54) is 16.7 Å². The second-order valence-corrected chi connectivity index (χ2v) is 7.45. The van der Waals surface area contributed by atoms with E-state index in [0.717, 1.165) is 50.0 Å². The highest BCUT2D eigenvalue weighted by Crippen LogP contribution is 2.23. The van der Waals surface area contributed by atoms with Gasteiger partial charge in [0.05, 0.1) is 0 Å². The average Bonchev–Trinajstić information content (AvgIpc) is 2.72. The minimum Gasteiger partial charge on any atom is -0.354 e. The molecule has 4 rings (SSSR count). The van der Waals surface area contributed by atoms with Gasteiger partial charge in [-0.05, 0) is 31.0 Å². The molecule has 0 atom stereocenters. The van der Waals surface area contributed by atoms with Crippen LogP contribution in [0.1, 0.15) is 16.7 Å². The van der Waals surface area contributed by atoms with Crippen LogP contribution >= 0.6 is 0 Å². The van der Waals surface area contributed by atoms with Gasteiger partial charge in [-0.3, -0.25) is 4.90 Å². The topological polar surface area (TPSA) is 44.3 Å². The monoisotopic (exact) mass is 373 g/mol. The fraction of sp³-hybridized carbons (Fsp3) is 0.304. The highest BCUT2D eigenvalue weighted by Gasteiger charge is 2.18. The van der Waals surface area contributed by atoms with Crippen LogP contribution in [0.2, 0.25) is 0 Å². The van der Waals surface area contributed by atoms with Gasteiger partial charge in [-0.25, -0.2) is 9.97 Å². The number of rotatable bonds is 5. The van der Waals surface area contributed by atoms with Crippen molar-refractivity contribution < 1.29 is 0 Å². The summed E-state index contributed by atoms with van der Waals surface area (Å²) in [6.07, 6.45) is 1.65. The van der Waals surface area contributed by atoms with Gasteiger partial charge in [0.25, 0.3) is 0 Å². The van der Waals surface area contributed by atoms with E-state index in [1.807, 2.05) is 6.07 Å². The van der Waals surface area contributed by atoms with Crippen molar-refractivity contribution in [3.05, 3.63) is 77.6 Å². The summed E-state index contributed by atoms with van der Waals surface area (Å²) in [5.74, 6) is 1.82. The number of hydrogen-bond acceptors (Lipinski definition) is 5. The molecule has 5 nitrogen and oxygen atoms in total. The standard InChI is InChI=1S/C23H27N5/c1-18-8-9-21(19(2)14-18)26-22-15-23(25-17-24-22)28-12-10-27(11-13-28)16-20-6-4-3-5-7-20/h3-9,14-15,17H,10-13,16H2,1-2H3,(H,24,25,26). The fourth-order valence-corrected chi connectivity index (χ4v) is 3.66. The zero-order chi connectivity index (χ0) is 19.3. The number of benzene rings is 2. The van der Waals surface area contributed by atoms with Gasteiger partial charge in [0, 0.05) is 44.5 Å². The van der Waals surface area contributed by atoms with Crippen LogP contribution in [0.4, 0.5) is 17.3 Å². The third kappa shape index (κ3) is 4.49. The molecular weight excluding hydrogens is 346 g/mol. The van der Waals surface area contributed by atoms with Crippen molar-refractivity contribution in [1.29, 1.82) is 0 Å². The molecule has 2 aromatic carbocycles. The van der Waals surface area contributed by atoms with Crippen molar-refractivity contribution >= 4 is 17.3 Å². The Hall–Kier alpha value is -2.92. The van der Waals surface area contributed by atoms with Gasteiger partial charge in [0.1, 0.15) is 18.0 Å². The average molecular weight is 374 g/mol. The number of piperazine rings is 1. The van der Waals surface area contributed by atoms with Gasteiger partial charge < -0.3 is 10.2 Å². The molecule has 0 bridgehead atoms. The van der Waals surface area contributed by atoms with Gasteiger partial charge in [-0.15, -0.1) is 0 Å². The van der Waals surface area contributed by atoms with Crippen molar-refractivity contribution in [3.63, 3.8) is 0 Å². The third-order valence-corrected chi connectivity index (χ3v) is 5.24. The molecule has 1 saturated heterocycles. The summed E-state index contributed by atoms with van der Waals surface area (Å²) in [5, 5.41) is 3.43. The van der Waals surface area contributed by atoms with Gasteiger partial charge >= 0.3 is 0 Å². The van der Waals surface area contributed by atoms with Crippen LogP contribution in [-0.4, -0.2) is 41.0 Å². The second kappa shape index (κ2) is 8.40. The molecule has 1 aromatic heterocycles. The van der Waals surface area contributed by atoms with E-state index in [4.69, 9.17) is 0 Å². The van der Waals surface area contributed by atoms with Gasteiger partial charge in [0.2, 0.25) is 0 Å². The number of hydrogen-bond donors (Lipinski definition) is 1. The van der Waals surface area contributed by atoms with E-state index in [1.54, 1.807) is 6.33 Å². The predicted octanol–water partition coefficient (Wildman–Crippen LogP) is 4.16. The summed E-state index contributed by atoms with van der Waals surface area (Å²) in [6.45, 7) is 9.27. The summed E-state index contributed by atoms with van der Waals surface area (Å²) < 4.78 is 0. The van der Waals surface area contributed by atoms with Crippen LogP contribution in [0.5, 0.6) is 0 Å². The van der Waals surface area contributed by atoms with Gasteiger partial charge in [-0.2, -0.15) is 0 Å². The van der Waals surface area contributed by atoms with Crippen molar-refractivity contribution in [2.24, 2.45) is 0 Å². The largest absolute Gasteiger partial charge is 0.354 e. The van der Waals surface area contributed by atoms with Crippen molar-refractivity contribution in [2.75, 3.05) is 36.4 Å². The van der Waals surface area contributed by atoms with E-state index >= 15 is 0 Å². The van der Waals surface area contributed by atoms with E-state index in [0.29, 0.717) is 0 Å². The van der Waals surface area contributed by atoms with Crippen molar-refractivity contribution in [3.8, 4) is 0 Å². The summed E-state index contributed by atoms with van der Waals surface area (Å²) in [7, 11) is 0. The number of aryl methyl sites for hydroxylation is 2. The molecule has 1 aliphatic heterocycles. The van der Waals surface area contributed by atoms with Crippen molar-refractivity contribution in [2.45, 2.75) is 20.4 Å². The molecule has 1 N–H and O–H groups in total. The lowest BCUT2D eigenvalue weighted by Crippen LogP contribution is -2.46. The highest BCUT2D eigenvalue weighted by molar-refractivity contribution is 5.63. The zero-order valence-corrected chi connectivity index (χ0v) is 16.6. The molecule has 144 valence electrons. The summed E-state index contributed by atoms with van der Waals surface area (Å²) >= 11 is 0. The van der Waals surface area contributed by atoms with Crippen LogP contribution < -0.4 is 10.2 Å². The Bertz CT molecular complexity index is 917. The van der Waals surface area contributed by atoms with Gasteiger partial charge in [-0.1, -0.05) is 48.0 Å². The number of nitrogens with one attached hydrogen (secondary N) is 1. The molecule has 0 aliphatic carbocycles. The second-order valence-electron chi connectivity index (χ2n) is 7.45. The Morgan fingerprint density at radius 1 is 0.893 bits per heavy atom. The lowest BCUT2D eigenvalue weighted by molar-refractivity contribution is 0.249. The quantitative estimate of drug-likeness (QED) is 0.727. The molecule has 2 heterocycles. The van der Waals surface area contributed by atoms with Gasteiger partial charge in [0.15, 0.2) is 0 Å². The van der Waals surface area contributed by atoms with Crippen LogP contribution in [0, 0.1) is 13.8 Å². The molecule has 0 radical (unpaired) electrons. The third-order valence-electron chi connectivity index (χ3n) is 5.24. The minimum absolute atomic E-state index is 0.837. The number of aromatic nitrogens is 2. The van der Waals surface area contributed by atoms with E-state index in [-0.39, 0.29) is 0 Å². The zero-order valence-electron chi connectivity index (χ0n) is 16.6. The number of nitrogens with zero attached hydrogens (tertiary/aromatic N) is 4. The normalized spacial score (nSPS) is 14.9. The molecule has 28 heavy (non-hydrogen) atoms. The molecule has 3 aromatic rings. The lowest BCUT2D eigenvalue weighted by Gasteiger charge is -2.35. The first kappa shape index (κ1) is 18.4. The summed E-state index contributed by atoms with van der Waals surface area (Å²) in [4.78, 5) is 13.8. The Morgan fingerprint density at radius 3 is 2.43 bits per heavy atom. The Balaban J connectivity index is 1.38. The predicted molar refractivity (Wildman–Crippen MR) is 115 cm³/mol. The molecule has 1 aliphatic rings. The van der Waals surface area contributed by atoms with Crippen molar-refractivity contribution in [1.82, 2.24) is 14.9 Å². The van der Waals surface area contributed by atoms with Crippen LogP contribution in [-0.2, 0) is 6.54 Å². The van der Waals surface area contributed by atoms with Crippen LogP contribution in [0.25, 0.3) is 0 Å². The summed E-state index contributed by atoms with van der Waals surface area (Å²) in [6, 6.07) is 19.1. The van der Waals surface area contributed by atoms with E-state index in [9.17, 15) is 0 Å². The molecule has 5 heteroatoms. The van der Waals surface area contributed by atoms with Crippen LogP contribution in [0.3, 0.4) is 0 Å². The van der Waals surface area contributed by atoms with E-state index < -0.39 is 0 Å². The van der Waals surface area contributed by atoms with Crippen LogP contribution in [0.15, 0.2) is 60.9 Å². The molecule has 0 spiro atoms. The molecule has 0 saturated carbocycles. The highest BCUT2D eigenvalue weighted by atomic mass is 15.3. The molecule has 0 unspecified atom stereocenters. The Kier molecular flexibility index (Phi) is 5.53. The lowest BCUT2D eigenvalue weighted by atomic mass is 10.1. The molecule has 0 amide bonds. The Labute approximate surface area is 167 Å². The minimum atomic E-state index is 0.837. The smallest absolute Gasteiger partial charge is 0.135 e. The Morgan fingerprint density at radius 2 is 1.68 bits per heavy atom. The maximum atomic E-state index is 4.51. The fourth-order valence-electron chi connectivity index (χ4n) is 3.66.